The van der Waals surface area contributed by atoms with Crippen LogP contribution >= 0.6 is 11.6 Å². The van der Waals surface area contributed by atoms with Crippen LogP contribution in [0.1, 0.15) is 38.7 Å². The number of hydrogen-bond donors (Lipinski definition) is 1. The first kappa shape index (κ1) is 13.4. The second kappa shape index (κ2) is 7.56. The molecule has 0 bridgehead atoms. The van der Waals surface area contributed by atoms with Gasteiger partial charge in [0, 0.05) is 17.6 Å². The van der Waals surface area contributed by atoms with E-state index in [0.29, 0.717) is 6.04 Å². The van der Waals surface area contributed by atoms with Gasteiger partial charge in [-0.1, -0.05) is 25.5 Å². The van der Waals surface area contributed by atoms with Crippen LogP contribution in [-0.2, 0) is 6.42 Å². The predicted molar refractivity (Wildman–Crippen MR) is 73.5 cm³/mol. The highest BCUT2D eigenvalue weighted by Crippen LogP contribution is 2.14. The molecule has 0 radical (unpaired) electrons. The lowest BCUT2D eigenvalue weighted by Crippen LogP contribution is -2.14. The van der Waals surface area contributed by atoms with Crippen LogP contribution in [0.3, 0.4) is 0 Å². The standard InChI is InChI=1S/C14H22ClN/c1-3-6-12(2)16-14-9-4-7-13(11-14)8-5-10-15/h4,7,9,11-12,16H,3,5-6,8,10H2,1-2H3. The summed E-state index contributed by atoms with van der Waals surface area (Å²) in [6, 6.07) is 9.20. The highest BCUT2D eigenvalue weighted by Gasteiger charge is 2.01. The molecule has 90 valence electrons. The minimum Gasteiger partial charge on any atom is -0.383 e. The second-order valence-electron chi connectivity index (χ2n) is 4.33. The van der Waals surface area contributed by atoms with Gasteiger partial charge in [0.1, 0.15) is 0 Å². The normalized spacial score (nSPS) is 12.4. The Morgan fingerprint density at radius 1 is 1.38 bits per heavy atom. The molecule has 1 aromatic carbocycles. The van der Waals surface area contributed by atoms with Crippen molar-refractivity contribution < 1.29 is 0 Å². The third-order valence-electron chi connectivity index (χ3n) is 2.66. The molecule has 1 N–H and O–H groups in total. The number of rotatable bonds is 7. The molecule has 2 heteroatoms. The van der Waals surface area contributed by atoms with Gasteiger partial charge in [-0.3, -0.25) is 0 Å². The molecule has 1 aromatic rings. The quantitative estimate of drug-likeness (QED) is 0.693. The third-order valence-corrected chi connectivity index (χ3v) is 2.93. The number of hydrogen-bond acceptors (Lipinski definition) is 1. The molecule has 0 aliphatic carbocycles. The largest absolute Gasteiger partial charge is 0.383 e. The van der Waals surface area contributed by atoms with Crippen molar-refractivity contribution in [3.8, 4) is 0 Å². The van der Waals surface area contributed by atoms with Crippen molar-refractivity contribution in [2.45, 2.75) is 45.6 Å². The minimum atomic E-state index is 0.549. The topological polar surface area (TPSA) is 12.0 Å². The highest BCUT2D eigenvalue weighted by molar-refractivity contribution is 6.17. The van der Waals surface area contributed by atoms with E-state index in [1.807, 2.05) is 0 Å². The molecule has 0 saturated heterocycles. The Kier molecular flexibility index (Phi) is 6.32. The van der Waals surface area contributed by atoms with Gasteiger partial charge in [-0.2, -0.15) is 0 Å². The van der Waals surface area contributed by atoms with Crippen molar-refractivity contribution in [1.29, 1.82) is 0 Å². The second-order valence-corrected chi connectivity index (χ2v) is 4.70. The van der Waals surface area contributed by atoms with Crippen LogP contribution in [0, 0.1) is 0 Å². The van der Waals surface area contributed by atoms with Gasteiger partial charge in [0.25, 0.3) is 0 Å². The average Bonchev–Trinajstić information content (AvgIpc) is 2.27. The van der Waals surface area contributed by atoms with Gasteiger partial charge in [-0.05, 0) is 43.9 Å². The molecular weight excluding hydrogens is 218 g/mol. The summed E-state index contributed by atoms with van der Waals surface area (Å²) in [6.45, 7) is 4.45. The van der Waals surface area contributed by atoms with Crippen molar-refractivity contribution >= 4 is 17.3 Å². The fraction of sp³-hybridized carbons (Fsp3) is 0.571. The van der Waals surface area contributed by atoms with Crippen molar-refractivity contribution in [2.24, 2.45) is 0 Å². The fourth-order valence-electron chi connectivity index (χ4n) is 1.88. The Labute approximate surface area is 104 Å². The summed E-state index contributed by atoms with van der Waals surface area (Å²) >= 11 is 5.70. The van der Waals surface area contributed by atoms with Crippen molar-refractivity contribution in [3.05, 3.63) is 29.8 Å². The van der Waals surface area contributed by atoms with E-state index in [4.69, 9.17) is 11.6 Å². The molecule has 0 aliphatic heterocycles. The van der Waals surface area contributed by atoms with Crippen LogP contribution in [0.2, 0.25) is 0 Å². The lowest BCUT2D eigenvalue weighted by atomic mass is 10.1. The minimum absolute atomic E-state index is 0.549. The maximum Gasteiger partial charge on any atom is 0.0344 e. The first-order valence-corrected chi connectivity index (χ1v) is 6.71. The summed E-state index contributed by atoms with van der Waals surface area (Å²) in [7, 11) is 0. The lowest BCUT2D eigenvalue weighted by Gasteiger charge is -2.15. The molecule has 1 atom stereocenters. The van der Waals surface area contributed by atoms with E-state index in [0.717, 1.165) is 18.7 Å². The lowest BCUT2D eigenvalue weighted by molar-refractivity contribution is 0.690. The molecule has 0 aliphatic rings. The molecule has 0 spiro atoms. The number of anilines is 1. The average molecular weight is 240 g/mol. The molecule has 1 nitrogen and oxygen atoms in total. The van der Waals surface area contributed by atoms with Crippen LogP contribution in [0.5, 0.6) is 0 Å². The summed E-state index contributed by atoms with van der Waals surface area (Å²) in [5.41, 5.74) is 2.60. The van der Waals surface area contributed by atoms with E-state index >= 15 is 0 Å². The number of aryl methyl sites for hydroxylation is 1. The van der Waals surface area contributed by atoms with Gasteiger partial charge < -0.3 is 5.32 Å². The van der Waals surface area contributed by atoms with Crippen LogP contribution in [0.25, 0.3) is 0 Å². The van der Waals surface area contributed by atoms with Crippen LogP contribution in [0.15, 0.2) is 24.3 Å². The molecule has 16 heavy (non-hydrogen) atoms. The number of halogens is 1. The molecule has 0 saturated carbocycles. The Bertz CT molecular complexity index is 299. The first-order chi connectivity index (χ1) is 7.76. The van der Waals surface area contributed by atoms with E-state index in [9.17, 15) is 0 Å². The van der Waals surface area contributed by atoms with Crippen molar-refractivity contribution in [1.82, 2.24) is 0 Å². The zero-order chi connectivity index (χ0) is 11.8. The van der Waals surface area contributed by atoms with Crippen LogP contribution < -0.4 is 5.32 Å². The molecule has 0 fully saturated rings. The van der Waals surface area contributed by atoms with Gasteiger partial charge in [0.15, 0.2) is 0 Å². The SMILES string of the molecule is CCCC(C)Nc1cccc(CCCCl)c1. The molecule has 1 rings (SSSR count). The number of nitrogens with one attached hydrogen (secondary N) is 1. The molecule has 0 heterocycles. The molecule has 1 unspecified atom stereocenters. The van der Waals surface area contributed by atoms with Crippen molar-refractivity contribution in [2.75, 3.05) is 11.2 Å². The van der Waals surface area contributed by atoms with E-state index in [1.165, 1.54) is 24.1 Å². The summed E-state index contributed by atoms with van der Waals surface area (Å²) in [6.07, 6.45) is 4.56. The monoisotopic (exact) mass is 239 g/mol. The van der Waals surface area contributed by atoms with Crippen molar-refractivity contribution in [3.63, 3.8) is 0 Å². The highest BCUT2D eigenvalue weighted by atomic mass is 35.5. The smallest absolute Gasteiger partial charge is 0.0344 e. The van der Waals surface area contributed by atoms with E-state index in [1.54, 1.807) is 0 Å². The van der Waals surface area contributed by atoms with E-state index in [2.05, 4.69) is 43.4 Å². The summed E-state index contributed by atoms with van der Waals surface area (Å²) in [4.78, 5) is 0. The third kappa shape index (κ3) is 4.89. The molecular formula is C14H22ClN. The maximum absolute atomic E-state index is 5.70. The van der Waals surface area contributed by atoms with Crippen LogP contribution in [-0.4, -0.2) is 11.9 Å². The summed E-state index contributed by atoms with van der Waals surface area (Å²) in [5.74, 6) is 0.740. The summed E-state index contributed by atoms with van der Waals surface area (Å²) in [5, 5.41) is 3.53. The Morgan fingerprint density at radius 2 is 2.19 bits per heavy atom. The Balaban J connectivity index is 2.52. The van der Waals surface area contributed by atoms with Gasteiger partial charge in [0.05, 0.1) is 0 Å². The van der Waals surface area contributed by atoms with E-state index < -0.39 is 0 Å². The Hall–Kier alpha value is -0.690. The van der Waals surface area contributed by atoms with Gasteiger partial charge in [-0.15, -0.1) is 11.6 Å². The number of benzene rings is 1. The zero-order valence-corrected chi connectivity index (χ0v) is 11.1. The Morgan fingerprint density at radius 3 is 2.88 bits per heavy atom. The molecule has 0 amide bonds. The zero-order valence-electron chi connectivity index (χ0n) is 10.3. The number of alkyl halides is 1. The maximum atomic E-state index is 5.70. The van der Waals surface area contributed by atoms with Gasteiger partial charge >= 0.3 is 0 Å². The van der Waals surface area contributed by atoms with Crippen LogP contribution in [0.4, 0.5) is 5.69 Å². The van der Waals surface area contributed by atoms with Gasteiger partial charge in [-0.25, -0.2) is 0 Å². The first-order valence-electron chi connectivity index (χ1n) is 6.17. The van der Waals surface area contributed by atoms with E-state index in [-0.39, 0.29) is 0 Å². The summed E-state index contributed by atoms with van der Waals surface area (Å²) < 4.78 is 0. The predicted octanol–water partition coefficient (Wildman–Crippen LogP) is 4.46. The molecule has 0 aromatic heterocycles. The fourth-order valence-corrected chi connectivity index (χ4v) is 2.01. The van der Waals surface area contributed by atoms with Gasteiger partial charge in [0.2, 0.25) is 0 Å².